The molecule has 2 N–H and O–H groups in total. The number of nitrogens with one attached hydrogen (secondary N) is 1. The fourth-order valence-corrected chi connectivity index (χ4v) is 3.04. The molecule has 1 aliphatic heterocycles. The van der Waals surface area contributed by atoms with Gasteiger partial charge in [-0.2, -0.15) is 0 Å². The standard InChI is InChI=1S/C20H34N2O4/c1-16(2)25-11-8-21-13-17-6-7-19(20(12-17)24-3)26-15-18(23)14-22-9-4-5-10-22/h6-7,12,16,18,21,23H,4-5,8-11,13-15H2,1-3H3/t18-/m0/s1. The predicted molar refractivity (Wildman–Crippen MR) is 103 cm³/mol. The number of ether oxygens (including phenoxy) is 3. The normalized spacial score (nSPS) is 16.2. The van der Waals surface area contributed by atoms with E-state index < -0.39 is 6.10 Å². The van der Waals surface area contributed by atoms with Crippen molar-refractivity contribution in [2.75, 3.05) is 46.5 Å². The van der Waals surface area contributed by atoms with Gasteiger partial charge < -0.3 is 29.5 Å². The molecule has 0 unspecified atom stereocenters. The number of hydrogen-bond acceptors (Lipinski definition) is 6. The lowest BCUT2D eigenvalue weighted by atomic mass is 10.2. The highest BCUT2D eigenvalue weighted by atomic mass is 16.5. The molecule has 0 aliphatic carbocycles. The third-order valence-electron chi connectivity index (χ3n) is 4.39. The number of likely N-dealkylation sites (tertiary alicyclic amines) is 1. The number of nitrogens with zero attached hydrogens (tertiary/aromatic N) is 1. The van der Waals surface area contributed by atoms with Crippen LogP contribution >= 0.6 is 0 Å². The second-order valence-corrected chi connectivity index (χ2v) is 7.05. The molecule has 1 aromatic rings. The summed E-state index contributed by atoms with van der Waals surface area (Å²) >= 11 is 0. The van der Waals surface area contributed by atoms with Crippen molar-refractivity contribution in [1.82, 2.24) is 10.2 Å². The largest absolute Gasteiger partial charge is 0.493 e. The van der Waals surface area contributed by atoms with Crippen molar-refractivity contribution >= 4 is 0 Å². The van der Waals surface area contributed by atoms with E-state index in [-0.39, 0.29) is 12.7 Å². The first kappa shape index (κ1) is 21.0. The zero-order valence-corrected chi connectivity index (χ0v) is 16.4. The van der Waals surface area contributed by atoms with Crippen LogP contribution in [-0.2, 0) is 11.3 Å². The molecule has 2 rings (SSSR count). The maximum Gasteiger partial charge on any atom is 0.161 e. The van der Waals surface area contributed by atoms with E-state index >= 15 is 0 Å². The minimum atomic E-state index is -0.486. The van der Waals surface area contributed by atoms with Crippen molar-refractivity contribution in [3.05, 3.63) is 23.8 Å². The monoisotopic (exact) mass is 366 g/mol. The Labute approximate surface area is 157 Å². The molecule has 1 aromatic carbocycles. The molecule has 148 valence electrons. The third-order valence-corrected chi connectivity index (χ3v) is 4.39. The Balaban J connectivity index is 1.75. The van der Waals surface area contributed by atoms with E-state index in [1.165, 1.54) is 12.8 Å². The van der Waals surface area contributed by atoms with Crippen molar-refractivity contribution in [2.45, 2.75) is 45.4 Å². The maximum atomic E-state index is 10.2. The Morgan fingerprint density at radius 3 is 2.65 bits per heavy atom. The molecule has 0 saturated carbocycles. The summed E-state index contributed by atoms with van der Waals surface area (Å²) in [7, 11) is 1.64. The lowest BCUT2D eigenvalue weighted by molar-refractivity contribution is 0.0747. The molecule has 6 nitrogen and oxygen atoms in total. The summed E-state index contributed by atoms with van der Waals surface area (Å²) < 4.78 is 16.7. The predicted octanol–water partition coefficient (Wildman–Crippen LogP) is 2.05. The number of aliphatic hydroxyl groups excluding tert-OH is 1. The van der Waals surface area contributed by atoms with E-state index in [9.17, 15) is 5.11 Å². The van der Waals surface area contributed by atoms with Crippen molar-refractivity contribution in [3.63, 3.8) is 0 Å². The molecule has 0 spiro atoms. The molecule has 1 aliphatic rings. The van der Waals surface area contributed by atoms with Crippen LogP contribution in [0.2, 0.25) is 0 Å². The Kier molecular flexibility index (Phi) is 9.18. The van der Waals surface area contributed by atoms with Crippen molar-refractivity contribution in [2.24, 2.45) is 0 Å². The van der Waals surface area contributed by atoms with Crippen LogP contribution in [0.25, 0.3) is 0 Å². The summed E-state index contributed by atoms with van der Waals surface area (Å²) in [5.41, 5.74) is 1.12. The van der Waals surface area contributed by atoms with Gasteiger partial charge >= 0.3 is 0 Å². The number of aliphatic hydroxyl groups is 1. The molecule has 1 saturated heterocycles. The van der Waals surface area contributed by atoms with Gasteiger partial charge in [0.05, 0.1) is 19.8 Å². The first-order chi connectivity index (χ1) is 12.6. The zero-order valence-electron chi connectivity index (χ0n) is 16.4. The highest BCUT2D eigenvalue weighted by Crippen LogP contribution is 2.28. The third kappa shape index (κ3) is 7.50. The summed E-state index contributed by atoms with van der Waals surface area (Å²) in [4.78, 5) is 2.28. The summed E-state index contributed by atoms with van der Waals surface area (Å²) in [6.45, 7) is 9.41. The van der Waals surface area contributed by atoms with E-state index in [4.69, 9.17) is 14.2 Å². The van der Waals surface area contributed by atoms with Crippen LogP contribution in [0.4, 0.5) is 0 Å². The van der Waals surface area contributed by atoms with Crippen molar-refractivity contribution in [3.8, 4) is 11.5 Å². The second-order valence-electron chi connectivity index (χ2n) is 7.05. The van der Waals surface area contributed by atoms with E-state index in [1.807, 2.05) is 32.0 Å². The van der Waals surface area contributed by atoms with Gasteiger partial charge in [-0.15, -0.1) is 0 Å². The van der Waals surface area contributed by atoms with Gasteiger partial charge in [-0.1, -0.05) is 6.07 Å². The molecular weight excluding hydrogens is 332 g/mol. The van der Waals surface area contributed by atoms with Crippen LogP contribution in [0.15, 0.2) is 18.2 Å². The number of hydrogen-bond donors (Lipinski definition) is 2. The number of rotatable bonds is 12. The zero-order chi connectivity index (χ0) is 18.8. The van der Waals surface area contributed by atoms with Gasteiger partial charge in [-0.3, -0.25) is 0 Å². The molecule has 6 heteroatoms. The van der Waals surface area contributed by atoms with E-state index in [2.05, 4.69) is 10.2 Å². The molecule has 0 radical (unpaired) electrons. The average molecular weight is 367 g/mol. The number of methoxy groups -OCH3 is 1. The Morgan fingerprint density at radius 1 is 1.19 bits per heavy atom. The fourth-order valence-electron chi connectivity index (χ4n) is 3.04. The Morgan fingerprint density at radius 2 is 1.96 bits per heavy atom. The molecule has 0 amide bonds. The van der Waals surface area contributed by atoms with Crippen LogP contribution in [0.1, 0.15) is 32.3 Å². The molecular formula is C20H34N2O4. The lowest BCUT2D eigenvalue weighted by Gasteiger charge is -2.20. The van der Waals surface area contributed by atoms with Crippen LogP contribution in [0.5, 0.6) is 11.5 Å². The SMILES string of the molecule is COc1cc(CNCCOC(C)C)ccc1OC[C@@H](O)CN1CCCC1. The maximum absolute atomic E-state index is 10.2. The molecule has 1 atom stereocenters. The highest BCUT2D eigenvalue weighted by molar-refractivity contribution is 5.43. The lowest BCUT2D eigenvalue weighted by Crippen LogP contribution is -2.33. The minimum Gasteiger partial charge on any atom is -0.493 e. The summed E-state index contributed by atoms with van der Waals surface area (Å²) in [5.74, 6) is 1.36. The van der Waals surface area contributed by atoms with Gasteiger partial charge in [0.1, 0.15) is 12.7 Å². The van der Waals surface area contributed by atoms with E-state index in [1.54, 1.807) is 7.11 Å². The fraction of sp³-hybridized carbons (Fsp3) is 0.700. The van der Waals surface area contributed by atoms with Gasteiger partial charge in [0, 0.05) is 19.6 Å². The molecule has 26 heavy (non-hydrogen) atoms. The molecule has 0 aromatic heterocycles. The van der Waals surface area contributed by atoms with Crippen molar-refractivity contribution < 1.29 is 19.3 Å². The number of benzene rings is 1. The number of β-amino-alcohol motifs (C(OH)–C–C–N with tert-alkyl or cyclic N) is 1. The van der Waals surface area contributed by atoms with Gasteiger partial charge in [0.2, 0.25) is 0 Å². The molecule has 1 heterocycles. The highest BCUT2D eigenvalue weighted by Gasteiger charge is 2.16. The van der Waals surface area contributed by atoms with Gasteiger partial charge in [0.15, 0.2) is 11.5 Å². The Bertz CT molecular complexity index is 519. The average Bonchev–Trinajstić information content (AvgIpc) is 3.12. The topological polar surface area (TPSA) is 63.2 Å². The summed E-state index contributed by atoms with van der Waals surface area (Å²) in [5, 5.41) is 13.5. The van der Waals surface area contributed by atoms with Crippen LogP contribution in [0, 0.1) is 0 Å². The van der Waals surface area contributed by atoms with E-state index in [0.29, 0.717) is 24.7 Å². The van der Waals surface area contributed by atoms with Crippen molar-refractivity contribution in [1.29, 1.82) is 0 Å². The van der Waals surface area contributed by atoms with Gasteiger partial charge in [-0.25, -0.2) is 0 Å². The first-order valence-electron chi connectivity index (χ1n) is 9.61. The smallest absolute Gasteiger partial charge is 0.161 e. The summed E-state index contributed by atoms with van der Waals surface area (Å²) in [6, 6.07) is 5.89. The molecule has 0 bridgehead atoms. The Hall–Kier alpha value is -1.34. The second kappa shape index (κ2) is 11.4. The van der Waals surface area contributed by atoms with Crippen LogP contribution < -0.4 is 14.8 Å². The van der Waals surface area contributed by atoms with Gasteiger partial charge in [-0.05, 0) is 57.5 Å². The van der Waals surface area contributed by atoms with E-state index in [0.717, 1.165) is 31.7 Å². The van der Waals surface area contributed by atoms with Crippen LogP contribution in [-0.4, -0.2) is 68.7 Å². The van der Waals surface area contributed by atoms with Crippen LogP contribution in [0.3, 0.4) is 0 Å². The molecule has 1 fully saturated rings. The quantitative estimate of drug-likeness (QED) is 0.552. The first-order valence-corrected chi connectivity index (χ1v) is 9.61. The van der Waals surface area contributed by atoms with Gasteiger partial charge in [0.25, 0.3) is 0 Å². The summed E-state index contributed by atoms with van der Waals surface area (Å²) in [6.07, 6.45) is 2.22. The minimum absolute atomic E-state index is 0.258.